The van der Waals surface area contributed by atoms with Crippen LogP contribution in [-0.2, 0) is 4.74 Å². The summed E-state index contributed by atoms with van der Waals surface area (Å²) >= 11 is 0. The average Bonchev–Trinajstić information content (AvgIpc) is 2.25. The van der Waals surface area contributed by atoms with Gasteiger partial charge in [0.15, 0.2) is 0 Å². The van der Waals surface area contributed by atoms with E-state index >= 15 is 0 Å². The lowest BCUT2D eigenvalue weighted by Gasteiger charge is -2.35. The first-order chi connectivity index (χ1) is 5.88. The van der Waals surface area contributed by atoms with E-state index in [9.17, 15) is 4.39 Å². The van der Waals surface area contributed by atoms with Crippen LogP contribution in [0, 0.1) is 0 Å². The van der Waals surface area contributed by atoms with E-state index in [1.54, 1.807) is 7.11 Å². The first-order valence-corrected chi connectivity index (χ1v) is 4.81. The maximum Gasteiger partial charge on any atom is 0.140 e. The van der Waals surface area contributed by atoms with Crippen molar-refractivity contribution in [3.63, 3.8) is 0 Å². The predicted octanol–water partition coefficient (Wildman–Crippen LogP) is 1.84. The number of hydrogen-bond acceptors (Lipinski definition) is 2. The van der Waals surface area contributed by atoms with Crippen LogP contribution < -0.4 is 0 Å². The molecule has 0 aromatic carbocycles. The Kier molecular flexibility index (Phi) is 2.98. The van der Waals surface area contributed by atoms with Crippen LogP contribution >= 0.6 is 0 Å². The molecule has 78 valence electrons. The second-order valence-electron chi connectivity index (χ2n) is 4.78. The third-order valence-electron chi connectivity index (χ3n) is 2.83. The molecule has 0 unspecified atom stereocenters. The molecule has 0 bridgehead atoms. The second kappa shape index (κ2) is 3.54. The van der Waals surface area contributed by atoms with Crippen molar-refractivity contribution in [2.45, 2.75) is 51.6 Å². The molecule has 0 N–H and O–H groups in total. The van der Waals surface area contributed by atoms with Crippen molar-refractivity contribution in [1.82, 2.24) is 4.90 Å². The number of nitrogens with zero attached hydrogens (tertiary/aromatic N) is 1. The lowest BCUT2D eigenvalue weighted by Crippen LogP contribution is -2.45. The van der Waals surface area contributed by atoms with Crippen molar-refractivity contribution >= 4 is 0 Å². The van der Waals surface area contributed by atoms with Gasteiger partial charge in [0.1, 0.15) is 12.3 Å². The topological polar surface area (TPSA) is 12.5 Å². The molecule has 2 nitrogen and oxygen atoms in total. The number of hydrogen-bond donors (Lipinski definition) is 0. The van der Waals surface area contributed by atoms with Crippen molar-refractivity contribution in [1.29, 1.82) is 0 Å². The monoisotopic (exact) mass is 189 g/mol. The third kappa shape index (κ3) is 2.02. The van der Waals surface area contributed by atoms with Gasteiger partial charge in [0.2, 0.25) is 0 Å². The zero-order valence-corrected chi connectivity index (χ0v) is 9.17. The Hall–Kier alpha value is -0.150. The smallest absolute Gasteiger partial charge is 0.140 e. The largest absolute Gasteiger partial charge is 0.377 e. The van der Waals surface area contributed by atoms with Crippen LogP contribution in [0.4, 0.5) is 4.39 Å². The fourth-order valence-electron chi connectivity index (χ4n) is 2.17. The fourth-order valence-corrected chi connectivity index (χ4v) is 2.17. The quantitative estimate of drug-likeness (QED) is 0.624. The maximum atomic E-state index is 13.5. The van der Waals surface area contributed by atoms with Crippen LogP contribution in [0.5, 0.6) is 0 Å². The summed E-state index contributed by atoms with van der Waals surface area (Å²) in [6.07, 6.45) is -1.11. The molecule has 1 rings (SSSR count). The number of rotatable bonds is 1. The van der Waals surface area contributed by atoms with E-state index in [2.05, 4.69) is 25.7 Å². The van der Waals surface area contributed by atoms with Gasteiger partial charge in [0, 0.05) is 25.2 Å². The molecule has 3 heteroatoms. The standard InChI is InChI=1S/C10H20FNO/c1-7-9(13-5)8(11)6-12(7)10(2,3)4/h7-9H,6H2,1-5H3/t7-,8+,9-/m1/s1. The average molecular weight is 189 g/mol. The summed E-state index contributed by atoms with van der Waals surface area (Å²) in [6.45, 7) is 8.83. The number of methoxy groups -OCH3 is 1. The Morgan fingerprint density at radius 3 is 2.15 bits per heavy atom. The predicted molar refractivity (Wildman–Crippen MR) is 51.6 cm³/mol. The molecule has 1 aliphatic rings. The number of halogens is 1. The molecule has 0 aliphatic carbocycles. The summed E-state index contributed by atoms with van der Waals surface area (Å²) in [5, 5.41) is 0. The van der Waals surface area contributed by atoms with E-state index in [1.807, 2.05) is 6.92 Å². The van der Waals surface area contributed by atoms with E-state index in [0.29, 0.717) is 6.54 Å². The first kappa shape index (κ1) is 10.9. The van der Waals surface area contributed by atoms with Crippen molar-refractivity contribution in [2.75, 3.05) is 13.7 Å². The highest BCUT2D eigenvalue weighted by Gasteiger charge is 2.43. The molecule has 13 heavy (non-hydrogen) atoms. The molecule has 0 amide bonds. The Morgan fingerprint density at radius 1 is 1.38 bits per heavy atom. The van der Waals surface area contributed by atoms with Crippen molar-refractivity contribution < 1.29 is 9.13 Å². The highest BCUT2D eigenvalue weighted by molar-refractivity contribution is 4.97. The van der Waals surface area contributed by atoms with Gasteiger partial charge in [-0.15, -0.1) is 0 Å². The van der Waals surface area contributed by atoms with Crippen molar-refractivity contribution in [3.8, 4) is 0 Å². The number of likely N-dealkylation sites (tertiary alicyclic amines) is 1. The lowest BCUT2D eigenvalue weighted by atomic mass is 10.0. The van der Waals surface area contributed by atoms with Gasteiger partial charge in [-0.3, -0.25) is 4.90 Å². The zero-order chi connectivity index (χ0) is 10.2. The van der Waals surface area contributed by atoms with Crippen LogP contribution in [0.1, 0.15) is 27.7 Å². The summed E-state index contributed by atoms with van der Waals surface area (Å²) in [6, 6.07) is 0.167. The molecule has 0 spiro atoms. The van der Waals surface area contributed by atoms with Gasteiger partial charge in [-0.05, 0) is 27.7 Å². The summed E-state index contributed by atoms with van der Waals surface area (Å²) in [5.41, 5.74) is 0.0248. The van der Waals surface area contributed by atoms with E-state index in [4.69, 9.17) is 4.74 Å². The van der Waals surface area contributed by atoms with E-state index in [-0.39, 0.29) is 17.7 Å². The molecule has 0 aromatic rings. The molecule has 3 atom stereocenters. The minimum absolute atomic E-state index is 0.0248. The molecule has 1 fully saturated rings. The van der Waals surface area contributed by atoms with Crippen LogP contribution in [0.2, 0.25) is 0 Å². The minimum Gasteiger partial charge on any atom is -0.377 e. The third-order valence-corrected chi connectivity index (χ3v) is 2.83. The normalized spacial score (nSPS) is 36.9. The van der Waals surface area contributed by atoms with Gasteiger partial charge in [0.25, 0.3) is 0 Å². The lowest BCUT2D eigenvalue weighted by molar-refractivity contribution is 0.0259. The van der Waals surface area contributed by atoms with Crippen LogP contribution in [0.15, 0.2) is 0 Å². The van der Waals surface area contributed by atoms with Crippen LogP contribution in [0.3, 0.4) is 0 Å². The molecule has 0 aromatic heterocycles. The van der Waals surface area contributed by atoms with Gasteiger partial charge in [-0.25, -0.2) is 4.39 Å². The summed E-state index contributed by atoms with van der Waals surface area (Å²) in [4.78, 5) is 2.16. The summed E-state index contributed by atoms with van der Waals surface area (Å²) < 4.78 is 18.6. The highest BCUT2D eigenvalue weighted by atomic mass is 19.1. The van der Waals surface area contributed by atoms with Gasteiger partial charge >= 0.3 is 0 Å². The molecular weight excluding hydrogens is 169 g/mol. The highest BCUT2D eigenvalue weighted by Crippen LogP contribution is 2.29. The zero-order valence-electron chi connectivity index (χ0n) is 9.17. The van der Waals surface area contributed by atoms with E-state index < -0.39 is 6.17 Å². The van der Waals surface area contributed by atoms with Crippen LogP contribution in [-0.4, -0.2) is 42.4 Å². The maximum absolute atomic E-state index is 13.5. The van der Waals surface area contributed by atoms with Gasteiger partial charge in [-0.1, -0.05) is 0 Å². The fraction of sp³-hybridized carbons (Fsp3) is 1.00. The minimum atomic E-state index is -0.848. The number of ether oxygens (including phenoxy) is 1. The second-order valence-corrected chi connectivity index (χ2v) is 4.78. The molecular formula is C10H20FNO. The Labute approximate surface area is 80.1 Å². The van der Waals surface area contributed by atoms with Crippen molar-refractivity contribution in [2.24, 2.45) is 0 Å². The Balaban J connectivity index is 2.73. The first-order valence-electron chi connectivity index (χ1n) is 4.81. The van der Waals surface area contributed by atoms with Gasteiger partial charge in [0.05, 0.1) is 0 Å². The van der Waals surface area contributed by atoms with Crippen LogP contribution in [0.25, 0.3) is 0 Å². The summed E-state index contributed by atoms with van der Waals surface area (Å²) in [5.74, 6) is 0. The van der Waals surface area contributed by atoms with Gasteiger partial charge < -0.3 is 4.74 Å². The Bertz CT molecular complexity index is 178. The van der Waals surface area contributed by atoms with E-state index in [0.717, 1.165) is 0 Å². The molecule has 1 saturated heterocycles. The van der Waals surface area contributed by atoms with Crippen molar-refractivity contribution in [3.05, 3.63) is 0 Å². The Morgan fingerprint density at radius 2 is 1.92 bits per heavy atom. The summed E-state index contributed by atoms with van der Waals surface area (Å²) in [7, 11) is 1.58. The molecule has 0 radical (unpaired) electrons. The SMILES string of the molecule is CO[C@@H]1[C@@H](C)N(C(C)(C)C)C[C@@H]1F. The van der Waals surface area contributed by atoms with Gasteiger partial charge in [-0.2, -0.15) is 0 Å². The van der Waals surface area contributed by atoms with E-state index in [1.165, 1.54) is 0 Å². The molecule has 1 heterocycles. The molecule has 0 saturated carbocycles. The molecule has 1 aliphatic heterocycles. The number of alkyl halides is 1.